The van der Waals surface area contributed by atoms with Gasteiger partial charge in [0.2, 0.25) is 0 Å². The first-order valence-electron chi connectivity index (χ1n) is 7.63. The second-order valence-electron chi connectivity index (χ2n) is 6.67. The molecule has 2 fully saturated rings. The first-order chi connectivity index (χ1) is 10.3. The molecule has 0 bridgehead atoms. The van der Waals surface area contributed by atoms with Gasteiger partial charge in [-0.25, -0.2) is 0 Å². The van der Waals surface area contributed by atoms with E-state index in [2.05, 4.69) is 0 Å². The molecule has 0 radical (unpaired) electrons. The van der Waals surface area contributed by atoms with Crippen LogP contribution >= 0.6 is 11.6 Å². The van der Waals surface area contributed by atoms with Gasteiger partial charge in [0.1, 0.15) is 0 Å². The maximum absolute atomic E-state index is 12.7. The van der Waals surface area contributed by atoms with Gasteiger partial charge in [0.15, 0.2) is 0 Å². The van der Waals surface area contributed by atoms with Crippen LogP contribution in [0, 0.1) is 25.2 Å². The quantitative estimate of drug-likeness (QED) is 0.909. The summed E-state index contributed by atoms with van der Waals surface area (Å²) in [7, 11) is 0. The molecule has 5 heteroatoms. The van der Waals surface area contributed by atoms with E-state index in [0.717, 1.165) is 30.4 Å². The Labute approximate surface area is 135 Å². The molecule has 0 aromatic heterocycles. The minimum absolute atomic E-state index is 0.0459. The third kappa shape index (κ3) is 2.50. The van der Waals surface area contributed by atoms with Crippen molar-refractivity contribution in [2.75, 3.05) is 13.1 Å². The highest BCUT2D eigenvalue weighted by atomic mass is 35.5. The molecule has 1 amide bonds. The molecule has 3 rings (SSSR count). The summed E-state index contributed by atoms with van der Waals surface area (Å²) >= 11 is 6.22. The third-order valence-electron chi connectivity index (χ3n) is 5.35. The SMILES string of the molecule is Cc1cc(Cl)c(C(=O)N2CCC3(CC2)CC3C(=O)O)cc1C. The summed E-state index contributed by atoms with van der Waals surface area (Å²) in [6, 6.07) is 3.68. The number of hydrogen-bond acceptors (Lipinski definition) is 2. The van der Waals surface area contributed by atoms with Crippen LogP contribution < -0.4 is 0 Å². The molecular formula is C17H20ClNO3. The van der Waals surface area contributed by atoms with Crippen molar-refractivity contribution >= 4 is 23.5 Å². The van der Waals surface area contributed by atoms with Crippen LogP contribution in [0.5, 0.6) is 0 Å². The Morgan fingerprint density at radius 2 is 1.82 bits per heavy atom. The van der Waals surface area contributed by atoms with Crippen LogP contribution in [0.2, 0.25) is 5.02 Å². The van der Waals surface area contributed by atoms with Crippen molar-refractivity contribution in [1.82, 2.24) is 4.90 Å². The molecule has 1 N–H and O–H groups in total. The average Bonchev–Trinajstić information content (AvgIpc) is 3.17. The lowest BCUT2D eigenvalue weighted by atomic mass is 9.90. The second kappa shape index (κ2) is 5.27. The number of carboxylic acid groups (broad SMARTS) is 1. The number of rotatable bonds is 2. The molecule has 1 saturated carbocycles. The minimum atomic E-state index is -0.697. The van der Waals surface area contributed by atoms with Gasteiger partial charge in [0.25, 0.3) is 5.91 Å². The predicted molar refractivity (Wildman–Crippen MR) is 84.2 cm³/mol. The molecular weight excluding hydrogens is 302 g/mol. The molecule has 1 aromatic rings. The fourth-order valence-corrected chi connectivity index (χ4v) is 3.82. The van der Waals surface area contributed by atoms with E-state index in [1.807, 2.05) is 26.0 Å². The number of likely N-dealkylation sites (tertiary alicyclic amines) is 1. The van der Waals surface area contributed by atoms with Crippen LogP contribution in [-0.2, 0) is 4.79 Å². The molecule has 4 nitrogen and oxygen atoms in total. The van der Waals surface area contributed by atoms with Crippen molar-refractivity contribution in [3.8, 4) is 0 Å². The largest absolute Gasteiger partial charge is 0.481 e. The van der Waals surface area contributed by atoms with Crippen molar-refractivity contribution in [1.29, 1.82) is 0 Å². The molecule has 2 aliphatic rings. The molecule has 1 aliphatic carbocycles. The third-order valence-corrected chi connectivity index (χ3v) is 5.66. The van der Waals surface area contributed by atoms with Gasteiger partial charge in [0.05, 0.1) is 16.5 Å². The zero-order chi connectivity index (χ0) is 16.1. The van der Waals surface area contributed by atoms with Gasteiger partial charge >= 0.3 is 5.97 Å². The Morgan fingerprint density at radius 3 is 2.36 bits per heavy atom. The summed E-state index contributed by atoms with van der Waals surface area (Å²) in [5, 5.41) is 9.61. The number of halogens is 1. The highest BCUT2D eigenvalue weighted by Gasteiger charge is 2.59. The van der Waals surface area contributed by atoms with Crippen molar-refractivity contribution in [3.63, 3.8) is 0 Å². The summed E-state index contributed by atoms with van der Waals surface area (Å²) in [6.07, 6.45) is 2.31. The number of amides is 1. The lowest BCUT2D eigenvalue weighted by Crippen LogP contribution is -2.40. The standard InChI is InChI=1S/C17H20ClNO3/c1-10-7-12(14(18)8-11(10)2)15(20)19-5-3-17(4-6-19)9-13(17)16(21)22/h7-8,13H,3-6,9H2,1-2H3,(H,21,22). The van der Waals surface area contributed by atoms with Crippen LogP contribution in [0.4, 0.5) is 0 Å². The number of aryl methyl sites for hydroxylation is 2. The number of hydrogen-bond donors (Lipinski definition) is 1. The lowest BCUT2D eigenvalue weighted by Gasteiger charge is -2.33. The van der Waals surface area contributed by atoms with E-state index in [9.17, 15) is 9.59 Å². The van der Waals surface area contributed by atoms with E-state index < -0.39 is 5.97 Å². The first-order valence-corrected chi connectivity index (χ1v) is 8.01. The van der Waals surface area contributed by atoms with Crippen molar-refractivity contribution in [3.05, 3.63) is 33.8 Å². The Bertz CT molecular complexity index is 648. The molecule has 1 spiro atoms. The van der Waals surface area contributed by atoms with Gasteiger partial charge in [-0.05, 0) is 61.8 Å². The highest BCUT2D eigenvalue weighted by molar-refractivity contribution is 6.34. The number of benzene rings is 1. The van der Waals surface area contributed by atoms with Crippen molar-refractivity contribution < 1.29 is 14.7 Å². The number of carbonyl (C=O) groups excluding carboxylic acids is 1. The van der Waals surface area contributed by atoms with E-state index in [1.165, 1.54) is 0 Å². The molecule has 1 heterocycles. The second-order valence-corrected chi connectivity index (χ2v) is 7.07. The normalized spacial score (nSPS) is 22.7. The van der Waals surface area contributed by atoms with E-state index in [1.54, 1.807) is 4.90 Å². The number of nitrogens with zero attached hydrogens (tertiary/aromatic N) is 1. The fraction of sp³-hybridized carbons (Fsp3) is 0.529. The van der Waals surface area contributed by atoms with Gasteiger partial charge in [-0.2, -0.15) is 0 Å². The number of carboxylic acids is 1. The molecule has 1 atom stereocenters. The van der Waals surface area contributed by atoms with Crippen LogP contribution in [-0.4, -0.2) is 35.0 Å². The smallest absolute Gasteiger partial charge is 0.307 e. The van der Waals surface area contributed by atoms with E-state index >= 15 is 0 Å². The first kappa shape index (κ1) is 15.3. The van der Waals surface area contributed by atoms with E-state index in [0.29, 0.717) is 23.7 Å². The molecule has 118 valence electrons. The monoisotopic (exact) mass is 321 g/mol. The molecule has 1 aliphatic heterocycles. The Balaban J connectivity index is 1.71. The van der Waals surface area contributed by atoms with Crippen molar-refractivity contribution in [2.45, 2.75) is 33.1 Å². The summed E-state index contributed by atoms with van der Waals surface area (Å²) in [6.45, 7) is 5.17. The molecule has 1 saturated heterocycles. The maximum Gasteiger partial charge on any atom is 0.307 e. The number of aliphatic carboxylic acids is 1. The topological polar surface area (TPSA) is 57.6 Å². The van der Waals surface area contributed by atoms with Gasteiger partial charge in [-0.1, -0.05) is 11.6 Å². The minimum Gasteiger partial charge on any atom is -0.481 e. The van der Waals surface area contributed by atoms with E-state index in [-0.39, 0.29) is 17.2 Å². The molecule has 1 unspecified atom stereocenters. The highest BCUT2D eigenvalue weighted by Crippen LogP contribution is 2.59. The average molecular weight is 322 g/mol. The molecule has 22 heavy (non-hydrogen) atoms. The number of carbonyl (C=O) groups is 2. The van der Waals surface area contributed by atoms with Gasteiger partial charge < -0.3 is 10.0 Å². The Hall–Kier alpha value is -1.55. The van der Waals surface area contributed by atoms with Crippen LogP contribution in [0.15, 0.2) is 12.1 Å². The summed E-state index contributed by atoms with van der Waals surface area (Å²) in [4.78, 5) is 25.5. The van der Waals surface area contributed by atoms with Gasteiger partial charge in [-0.15, -0.1) is 0 Å². The van der Waals surface area contributed by atoms with Crippen LogP contribution in [0.25, 0.3) is 0 Å². The zero-order valence-electron chi connectivity index (χ0n) is 12.9. The fourth-order valence-electron chi connectivity index (χ4n) is 3.52. The Morgan fingerprint density at radius 1 is 1.23 bits per heavy atom. The van der Waals surface area contributed by atoms with Gasteiger partial charge in [-0.3, -0.25) is 9.59 Å². The Kier molecular flexibility index (Phi) is 3.68. The summed E-state index contributed by atoms with van der Waals surface area (Å²) in [5.74, 6) is -0.956. The van der Waals surface area contributed by atoms with Crippen LogP contribution in [0.1, 0.15) is 40.7 Å². The lowest BCUT2D eigenvalue weighted by molar-refractivity contribution is -0.139. The number of piperidine rings is 1. The van der Waals surface area contributed by atoms with Crippen molar-refractivity contribution in [2.24, 2.45) is 11.3 Å². The van der Waals surface area contributed by atoms with Crippen LogP contribution in [0.3, 0.4) is 0 Å². The maximum atomic E-state index is 12.7. The van der Waals surface area contributed by atoms with Gasteiger partial charge in [0, 0.05) is 13.1 Å². The summed E-state index contributed by atoms with van der Waals surface area (Å²) in [5.41, 5.74) is 2.61. The molecule has 1 aromatic carbocycles. The predicted octanol–water partition coefficient (Wildman–Crippen LogP) is 3.28. The zero-order valence-corrected chi connectivity index (χ0v) is 13.6. The summed E-state index contributed by atoms with van der Waals surface area (Å²) < 4.78 is 0. The van der Waals surface area contributed by atoms with E-state index in [4.69, 9.17) is 16.7 Å².